The Bertz CT molecular complexity index is 509. The average molecular weight is 231 g/mol. The van der Waals surface area contributed by atoms with Gasteiger partial charge in [-0.05, 0) is 5.56 Å². The van der Waals surface area contributed by atoms with Crippen LogP contribution in [-0.2, 0) is 11.3 Å². The zero-order valence-corrected chi connectivity index (χ0v) is 9.42. The van der Waals surface area contributed by atoms with Crippen LogP contribution in [0.1, 0.15) is 5.56 Å². The monoisotopic (exact) mass is 231 g/mol. The third-order valence-electron chi connectivity index (χ3n) is 2.23. The molecule has 0 aliphatic carbocycles. The van der Waals surface area contributed by atoms with Crippen LogP contribution < -0.4 is 11.5 Å². The quantitative estimate of drug-likeness (QED) is 0.812. The number of nitrogens with two attached hydrogens (primary N) is 2. The van der Waals surface area contributed by atoms with E-state index in [2.05, 4.69) is 15.0 Å². The van der Waals surface area contributed by atoms with Crippen molar-refractivity contribution in [1.82, 2.24) is 15.0 Å². The molecule has 0 radical (unpaired) electrons. The Hall–Kier alpha value is -2.21. The van der Waals surface area contributed by atoms with Crippen molar-refractivity contribution < 1.29 is 4.74 Å². The number of nitrogen functional groups attached to an aromatic ring is 2. The molecule has 17 heavy (non-hydrogen) atoms. The predicted octanol–water partition coefficient (Wildman–Crippen LogP) is 0.849. The molecule has 0 fully saturated rings. The van der Waals surface area contributed by atoms with Gasteiger partial charge in [-0.1, -0.05) is 24.3 Å². The Kier molecular flexibility index (Phi) is 3.15. The maximum absolute atomic E-state index is 5.55. The molecule has 1 aromatic heterocycles. The van der Waals surface area contributed by atoms with Crippen molar-refractivity contribution in [3.8, 4) is 11.4 Å². The first-order chi connectivity index (χ1) is 8.20. The number of benzene rings is 1. The number of methoxy groups -OCH3 is 1. The SMILES string of the molecule is COCc1ccccc1-c1nc(N)nc(N)n1. The van der Waals surface area contributed by atoms with Gasteiger partial charge in [-0.25, -0.2) is 0 Å². The van der Waals surface area contributed by atoms with Crippen LogP contribution >= 0.6 is 0 Å². The first kappa shape index (κ1) is 11.3. The molecule has 2 rings (SSSR count). The second-order valence-electron chi connectivity index (χ2n) is 3.47. The van der Waals surface area contributed by atoms with Crippen molar-refractivity contribution >= 4 is 11.9 Å². The van der Waals surface area contributed by atoms with Gasteiger partial charge in [0.2, 0.25) is 11.9 Å². The van der Waals surface area contributed by atoms with Crippen LogP contribution in [0.4, 0.5) is 11.9 Å². The maximum atomic E-state index is 5.55. The van der Waals surface area contributed by atoms with Crippen molar-refractivity contribution in [3.63, 3.8) is 0 Å². The van der Waals surface area contributed by atoms with E-state index in [-0.39, 0.29) is 11.9 Å². The smallest absolute Gasteiger partial charge is 0.225 e. The summed E-state index contributed by atoms with van der Waals surface area (Å²) in [5.41, 5.74) is 12.9. The number of ether oxygens (including phenoxy) is 1. The number of hydrogen-bond donors (Lipinski definition) is 2. The van der Waals surface area contributed by atoms with Gasteiger partial charge in [-0.15, -0.1) is 0 Å². The van der Waals surface area contributed by atoms with Crippen molar-refractivity contribution in [2.24, 2.45) is 0 Å². The van der Waals surface area contributed by atoms with Crippen molar-refractivity contribution in [2.75, 3.05) is 18.6 Å². The first-order valence-corrected chi connectivity index (χ1v) is 5.05. The average Bonchev–Trinajstić information content (AvgIpc) is 2.29. The zero-order valence-electron chi connectivity index (χ0n) is 9.42. The molecular weight excluding hydrogens is 218 g/mol. The minimum absolute atomic E-state index is 0.111. The summed E-state index contributed by atoms with van der Waals surface area (Å²) in [6.07, 6.45) is 0. The molecule has 0 saturated heterocycles. The van der Waals surface area contributed by atoms with E-state index in [0.29, 0.717) is 12.4 Å². The van der Waals surface area contributed by atoms with Crippen LogP contribution in [0.25, 0.3) is 11.4 Å². The highest BCUT2D eigenvalue weighted by Crippen LogP contribution is 2.21. The van der Waals surface area contributed by atoms with Gasteiger partial charge >= 0.3 is 0 Å². The summed E-state index contributed by atoms with van der Waals surface area (Å²) in [6.45, 7) is 0.474. The normalized spacial score (nSPS) is 10.4. The van der Waals surface area contributed by atoms with Crippen LogP contribution in [0.3, 0.4) is 0 Å². The summed E-state index contributed by atoms with van der Waals surface area (Å²) in [5.74, 6) is 0.682. The molecule has 6 heteroatoms. The topological polar surface area (TPSA) is 99.9 Å². The first-order valence-electron chi connectivity index (χ1n) is 5.05. The van der Waals surface area contributed by atoms with E-state index in [1.54, 1.807) is 7.11 Å². The number of rotatable bonds is 3. The number of nitrogens with zero attached hydrogens (tertiary/aromatic N) is 3. The molecule has 0 bridgehead atoms. The number of anilines is 2. The van der Waals surface area contributed by atoms with Crippen LogP contribution in [0.15, 0.2) is 24.3 Å². The third kappa shape index (κ3) is 2.48. The van der Waals surface area contributed by atoms with Gasteiger partial charge in [-0.2, -0.15) is 15.0 Å². The van der Waals surface area contributed by atoms with E-state index in [0.717, 1.165) is 11.1 Å². The second kappa shape index (κ2) is 4.75. The lowest BCUT2D eigenvalue weighted by Gasteiger charge is -2.07. The van der Waals surface area contributed by atoms with Gasteiger partial charge in [-0.3, -0.25) is 0 Å². The Morgan fingerprint density at radius 3 is 2.35 bits per heavy atom. The molecule has 4 N–H and O–H groups in total. The molecule has 0 aliphatic rings. The summed E-state index contributed by atoms with van der Waals surface area (Å²) in [6, 6.07) is 7.65. The summed E-state index contributed by atoms with van der Waals surface area (Å²) >= 11 is 0. The van der Waals surface area contributed by atoms with E-state index in [4.69, 9.17) is 16.2 Å². The molecule has 0 saturated carbocycles. The summed E-state index contributed by atoms with van der Waals surface area (Å²) in [7, 11) is 1.63. The Labute approximate surface area is 98.7 Å². The number of aromatic nitrogens is 3. The highest BCUT2D eigenvalue weighted by molar-refractivity contribution is 5.61. The van der Waals surface area contributed by atoms with E-state index >= 15 is 0 Å². The molecule has 6 nitrogen and oxygen atoms in total. The number of hydrogen-bond acceptors (Lipinski definition) is 6. The predicted molar refractivity (Wildman–Crippen MR) is 64.8 cm³/mol. The maximum Gasteiger partial charge on any atom is 0.225 e. The van der Waals surface area contributed by atoms with E-state index in [1.165, 1.54) is 0 Å². The molecule has 1 aromatic carbocycles. The fourth-order valence-electron chi connectivity index (χ4n) is 1.55. The van der Waals surface area contributed by atoms with Gasteiger partial charge in [0.15, 0.2) is 5.82 Å². The van der Waals surface area contributed by atoms with E-state index < -0.39 is 0 Å². The third-order valence-corrected chi connectivity index (χ3v) is 2.23. The van der Waals surface area contributed by atoms with Crippen LogP contribution in [0.2, 0.25) is 0 Å². The van der Waals surface area contributed by atoms with Crippen molar-refractivity contribution in [2.45, 2.75) is 6.61 Å². The fraction of sp³-hybridized carbons (Fsp3) is 0.182. The van der Waals surface area contributed by atoms with Crippen molar-refractivity contribution in [3.05, 3.63) is 29.8 Å². The Morgan fingerprint density at radius 1 is 1.06 bits per heavy atom. The van der Waals surface area contributed by atoms with Crippen LogP contribution in [-0.4, -0.2) is 22.1 Å². The molecule has 0 amide bonds. The van der Waals surface area contributed by atoms with Gasteiger partial charge in [0.25, 0.3) is 0 Å². The summed E-state index contributed by atoms with van der Waals surface area (Å²) in [4.78, 5) is 11.9. The molecule has 88 valence electrons. The molecule has 0 unspecified atom stereocenters. The Balaban J connectivity index is 2.51. The lowest BCUT2D eigenvalue weighted by Crippen LogP contribution is -2.05. The van der Waals surface area contributed by atoms with E-state index in [9.17, 15) is 0 Å². The van der Waals surface area contributed by atoms with Gasteiger partial charge < -0.3 is 16.2 Å². The van der Waals surface area contributed by atoms with Gasteiger partial charge in [0.05, 0.1) is 6.61 Å². The van der Waals surface area contributed by atoms with Crippen LogP contribution in [0, 0.1) is 0 Å². The molecule has 0 aliphatic heterocycles. The lowest BCUT2D eigenvalue weighted by molar-refractivity contribution is 0.185. The summed E-state index contributed by atoms with van der Waals surface area (Å²) < 4.78 is 5.12. The summed E-state index contributed by atoms with van der Waals surface area (Å²) in [5, 5.41) is 0. The Morgan fingerprint density at radius 2 is 1.71 bits per heavy atom. The highest BCUT2D eigenvalue weighted by atomic mass is 16.5. The second-order valence-corrected chi connectivity index (χ2v) is 3.47. The van der Waals surface area contributed by atoms with Gasteiger partial charge in [0, 0.05) is 12.7 Å². The molecule has 0 atom stereocenters. The lowest BCUT2D eigenvalue weighted by atomic mass is 10.1. The molecule has 2 aromatic rings. The standard InChI is InChI=1S/C11H13N5O/c1-17-6-7-4-2-3-5-8(7)9-14-10(12)16-11(13)15-9/h2-5H,6H2,1H3,(H4,12,13,14,15,16). The zero-order chi connectivity index (χ0) is 12.3. The largest absolute Gasteiger partial charge is 0.380 e. The van der Waals surface area contributed by atoms with Crippen molar-refractivity contribution in [1.29, 1.82) is 0 Å². The van der Waals surface area contributed by atoms with Crippen LogP contribution in [0.5, 0.6) is 0 Å². The molecular formula is C11H13N5O. The fourth-order valence-corrected chi connectivity index (χ4v) is 1.55. The minimum atomic E-state index is 0.111. The van der Waals surface area contributed by atoms with E-state index in [1.807, 2.05) is 24.3 Å². The highest BCUT2D eigenvalue weighted by Gasteiger charge is 2.09. The van der Waals surface area contributed by atoms with Gasteiger partial charge in [0.1, 0.15) is 0 Å². The molecule has 0 spiro atoms. The molecule has 1 heterocycles. The minimum Gasteiger partial charge on any atom is -0.380 e.